The minimum absolute atomic E-state index is 0.250. The zero-order chi connectivity index (χ0) is 10.1. The van der Waals surface area contributed by atoms with Crippen LogP contribution in [0.25, 0.3) is 0 Å². The molecular weight excluding hydrogens is 176 g/mol. The van der Waals surface area contributed by atoms with Gasteiger partial charge in [-0.2, -0.15) is 5.26 Å². The van der Waals surface area contributed by atoms with E-state index in [1.54, 1.807) is 6.20 Å². The maximum absolute atomic E-state index is 11.4. The van der Waals surface area contributed by atoms with Gasteiger partial charge in [-0.25, -0.2) is 0 Å². The number of hydrogen-bond acceptors (Lipinski definition) is 2. The number of nitrogens with one attached hydrogen (secondary N) is 1. The zero-order valence-electron chi connectivity index (χ0n) is 8.13. The Balaban J connectivity index is 2.71. The molecule has 0 fully saturated rings. The summed E-state index contributed by atoms with van der Waals surface area (Å²) in [6.45, 7) is 2.08. The van der Waals surface area contributed by atoms with Gasteiger partial charge in [-0.3, -0.25) is 4.79 Å². The van der Waals surface area contributed by atoms with E-state index in [1.807, 2.05) is 6.07 Å². The van der Waals surface area contributed by atoms with Crippen molar-refractivity contribution in [1.29, 1.82) is 5.26 Å². The van der Waals surface area contributed by atoms with Crippen LogP contribution in [0.15, 0.2) is 11.0 Å². The van der Waals surface area contributed by atoms with E-state index in [9.17, 15) is 4.79 Å². The lowest BCUT2D eigenvalue weighted by atomic mass is 9.83. The van der Waals surface area contributed by atoms with Crippen molar-refractivity contribution in [2.24, 2.45) is 0 Å². The van der Waals surface area contributed by atoms with Crippen LogP contribution in [-0.4, -0.2) is 4.98 Å². The summed E-state index contributed by atoms with van der Waals surface area (Å²) in [5, 5.41) is 8.92. The molecule has 0 aromatic carbocycles. The standard InChI is InChI=1S/C11H12N2O/c1-7-3-2-4-8-6-13-11(14)9(5-12)10(7)8/h6-7H,2-4H2,1H3,(H,13,14). The summed E-state index contributed by atoms with van der Waals surface area (Å²) >= 11 is 0. The predicted octanol–water partition coefficient (Wildman–Crippen LogP) is 1.69. The molecule has 3 heteroatoms. The molecule has 1 N–H and O–H groups in total. The van der Waals surface area contributed by atoms with Crippen LogP contribution < -0.4 is 5.56 Å². The topological polar surface area (TPSA) is 56.6 Å². The Labute approximate surface area is 82.4 Å². The van der Waals surface area contributed by atoms with Gasteiger partial charge >= 0.3 is 0 Å². The van der Waals surface area contributed by atoms with Crippen LogP contribution in [0.1, 0.15) is 42.4 Å². The highest BCUT2D eigenvalue weighted by molar-refractivity contribution is 5.43. The largest absolute Gasteiger partial charge is 0.328 e. The van der Waals surface area contributed by atoms with Gasteiger partial charge in [0.1, 0.15) is 11.6 Å². The molecule has 0 radical (unpaired) electrons. The second kappa shape index (κ2) is 3.30. The highest BCUT2D eigenvalue weighted by Gasteiger charge is 2.21. The summed E-state index contributed by atoms with van der Waals surface area (Å²) in [6.07, 6.45) is 4.95. The van der Waals surface area contributed by atoms with E-state index < -0.39 is 0 Å². The number of pyridine rings is 1. The molecule has 0 saturated heterocycles. The number of aryl methyl sites for hydroxylation is 1. The molecule has 3 nitrogen and oxygen atoms in total. The molecule has 1 aliphatic carbocycles. The molecule has 0 aliphatic heterocycles. The molecule has 1 aromatic rings. The first-order chi connectivity index (χ1) is 6.74. The van der Waals surface area contributed by atoms with Gasteiger partial charge in [0.05, 0.1) is 0 Å². The van der Waals surface area contributed by atoms with Crippen LogP contribution in [0.5, 0.6) is 0 Å². The summed E-state index contributed by atoms with van der Waals surface area (Å²) in [4.78, 5) is 14.0. The van der Waals surface area contributed by atoms with Crippen molar-refractivity contribution in [1.82, 2.24) is 4.98 Å². The second-order valence-corrected chi connectivity index (χ2v) is 3.84. The number of H-pyrrole nitrogens is 1. The number of nitrogens with zero attached hydrogens (tertiary/aromatic N) is 1. The smallest absolute Gasteiger partial charge is 0.266 e. The Morgan fingerprint density at radius 2 is 2.43 bits per heavy atom. The van der Waals surface area contributed by atoms with Crippen molar-refractivity contribution < 1.29 is 0 Å². The third kappa shape index (κ3) is 1.24. The third-order valence-electron chi connectivity index (χ3n) is 2.91. The highest BCUT2D eigenvalue weighted by atomic mass is 16.1. The van der Waals surface area contributed by atoms with Gasteiger partial charge < -0.3 is 4.98 Å². The number of rotatable bonds is 0. The Bertz CT molecular complexity index is 453. The first-order valence-corrected chi connectivity index (χ1v) is 4.88. The molecular formula is C11H12N2O. The Kier molecular flexibility index (Phi) is 2.12. The first kappa shape index (κ1) is 9.01. The van der Waals surface area contributed by atoms with E-state index >= 15 is 0 Å². The van der Waals surface area contributed by atoms with Crippen LogP contribution >= 0.6 is 0 Å². The molecule has 0 saturated carbocycles. The number of fused-ring (bicyclic) bond motifs is 1. The summed E-state index contributed by atoms with van der Waals surface area (Å²) < 4.78 is 0. The third-order valence-corrected chi connectivity index (χ3v) is 2.91. The van der Waals surface area contributed by atoms with Gasteiger partial charge in [0.15, 0.2) is 0 Å². The van der Waals surface area contributed by atoms with Crippen molar-refractivity contribution in [3.8, 4) is 6.07 Å². The van der Waals surface area contributed by atoms with E-state index in [0.29, 0.717) is 11.5 Å². The normalized spacial score (nSPS) is 19.9. The van der Waals surface area contributed by atoms with Gasteiger partial charge in [-0.15, -0.1) is 0 Å². The van der Waals surface area contributed by atoms with Gasteiger partial charge in [-0.1, -0.05) is 6.92 Å². The molecule has 14 heavy (non-hydrogen) atoms. The first-order valence-electron chi connectivity index (χ1n) is 4.88. The number of hydrogen-bond donors (Lipinski definition) is 1. The van der Waals surface area contributed by atoms with Gasteiger partial charge in [-0.05, 0) is 36.3 Å². The van der Waals surface area contributed by atoms with E-state index in [1.165, 1.54) is 0 Å². The quantitative estimate of drug-likeness (QED) is 0.673. The Hall–Kier alpha value is -1.56. The fourth-order valence-electron chi connectivity index (χ4n) is 2.21. The van der Waals surface area contributed by atoms with Crippen molar-refractivity contribution in [2.45, 2.75) is 32.1 Å². The SMILES string of the molecule is CC1CCCc2c[nH]c(=O)c(C#N)c21. The van der Waals surface area contributed by atoms with Crippen LogP contribution in [0.4, 0.5) is 0 Å². The van der Waals surface area contributed by atoms with Gasteiger partial charge in [0.2, 0.25) is 0 Å². The molecule has 1 atom stereocenters. The summed E-state index contributed by atoms with van der Waals surface area (Å²) in [7, 11) is 0. The molecule has 0 spiro atoms. The molecule has 1 unspecified atom stereocenters. The highest BCUT2D eigenvalue weighted by Crippen LogP contribution is 2.31. The summed E-state index contributed by atoms with van der Waals surface area (Å²) in [5.74, 6) is 0.343. The number of nitriles is 1. The molecule has 72 valence electrons. The molecule has 2 rings (SSSR count). The van der Waals surface area contributed by atoms with Crippen LogP contribution in [-0.2, 0) is 6.42 Å². The molecule has 1 heterocycles. The average Bonchev–Trinajstić information content (AvgIpc) is 2.19. The van der Waals surface area contributed by atoms with Gasteiger partial charge in [0.25, 0.3) is 5.56 Å². The number of aromatic amines is 1. The van der Waals surface area contributed by atoms with Crippen molar-refractivity contribution in [3.63, 3.8) is 0 Å². The molecule has 1 aliphatic rings. The van der Waals surface area contributed by atoms with Crippen molar-refractivity contribution >= 4 is 0 Å². The van der Waals surface area contributed by atoms with Crippen LogP contribution in [0, 0.1) is 11.3 Å². The van der Waals surface area contributed by atoms with Crippen LogP contribution in [0.2, 0.25) is 0 Å². The van der Waals surface area contributed by atoms with Crippen LogP contribution in [0.3, 0.4) is 0 Å². The minimum atomic E-state index is -0.250. The Morgan fingerprint density at radius 1 is 1.64 bits per heavy atom. The monoisotopic (exact) mass is 188 g/mol. The fourth-order valence-corrected chi connectivity index (χ4v) is 2.21. The summed E-state index contributed by atoms with van der Waals surface area (Å²) in [6, 6.07) is 2.01. The lowest BCUT2D eigenvalue weighted by Crippen LogP contribution is -2.19. The summed E-state index contributed by atoms with van der Waals surface area (Å²) in [5.41, 5.74) is 2.18. The van der Waals surface area contributed by atoms with Crippen molar-refractivity contribution in [2.75, 3.05) is 0 Å². The second-order valence-electron chi connectivity index (χ2n) is 3.84. The Morgan fingerprint density at radius 3 is 3.14 bits per heavy atom. The lowest BCUT2D eigenvalue weighted by Gasteiger charge is -2.22. The predicted molar refractivity (Wildman–Crippen MR) is 53.1 cm³/mol. The van der Waals surface area contributed by atoms with Crippen molar-refractivity contribution in [3.05, 3.63) is 33.2 Å². The number of aromatic nitrogens is 1. The van der Waals surface area contributed by atoms with Gasteiger partial charge in [0, 0.05) is 6.20 Å². The van der Waals surface area contributed by atoms with E-state index in [0.717, 1.165) is 30.4 Å². The molecule has 0 bridgehead atoms. The minimum Gasteiger partial charge on any atom is -0.328 e. The van der Waals surface area contributed by atoms with E-state index in [4.69, 9.17) is 5.26 Å². The molecule has 0 amide bonds. The zero-order valence-corrected chi connectivity index (χ0v) is 8.13. The maximum atomic E-state index is 11.4. The van der Waals surface area contributed by atoms with E-state index in [-0.39, 0.29) is 5.56 Å². The molecule has 1 aromatic heterocycles. The lowest BCUT2D eigenvalue weighted by molar-refractivity contribution is 0.585. The average molecular weight is 188 g/mol. The fraction of sp³-hybridized carbons (Fsp3) is 0.455. The maximum Gasteiger partial charge on any atom is 0.266 e. The van der Waals surface area contributed by atoms with E-state index in [2.05, 4.69) is 11.9 Å².